The fraction of sp³-hybridized carbons (Fsp3) is 0.600. The monoisotopic (exact) mass is 247 g/mol. The Hall–Kier alpha value is -1.53. The third-order valence-corrected chi connectivity index (χ3v) is 2.93. The summed E-state index contributed by atoms with van der Waals surface area (Å²) in [6.45, 7) is 3.85. The minimum Gasteiger partial charge on any atom is -0.331 e. The highest BCUT2D eigenvalue weighted by Crippen LogP contribution is 2.32. The quantitative estimate of drug-likeness (QED) is 0.701. The van der Waals surface area contributed by atoms with Crippen molar-refractivity contribution in [3.8, 4) is 0 Å². The van der Waals surface area contributed by atoms with Crippen LogP contribution in [-0.2, 0) is 17.5 Å². The Kier molecular flexibility index (Phi) is 2.63. The third kappa shape index (κ3) is 2.01. The van der Waals surface area contributed by atoms with Crippen LogP contribution < -0.4 is 0 Å². The van der Waals surface area contributed by atoms with Crippen LogP contribution >= 0.6 is 0 Å². The maximum Gasteiger partial charge on any atom is 0.434 e. The van der Waals surface area contributed by atoms with Gasteiger partial charge in [-0.15, -0.1) is 0 Å². The second-order valence-corrected chi connectivity index (χ2v) is 4.06. The van der Waals surface area contributed by atoms with Crippen molar-refractivity contribution in [2.45, 2.75) is 32.6 Å². The highest BCUT2D eigenvalue weighted by Gasteiger charge is 2.37. The molecule has 2 rings (SSSR count). The highest BCUT2D eigenvalue weighted by atomic mass is 19.4. The first-order chi connectivity index (χ1) is 7.80. The Labute approximate surface area is 96.0 Å². The Balaban J connectivity index is 2.37. The lowest BCUT2D eigenvalue weighted by atomic mass is 10.2. The number of amides is 1. The fourth-order valence-corrected chi connectivity index (χ4v) is 2.06. The standard InChI is InChI=1S/C10H12F3N3O/c1-6-9-14-8(10(11,12)13)5-15(9)3-4-16(6)7(2)17/h5-6H,3-4H2,1-2H3. The van der Waals surface area contributed by atoms with E-state index < -0.39 is 17.9 Å². The summed E-state index contributed by atoms with van der Waals surface area (Å²) in [6, 6.07) is -0.419. The van der Waals surface area contributed by atoms with Crippen LogP contribution in [0.2, 0.25) is 0 Å². The van der Waals surface area contributed by atoms with E-state index in [2.05, 4.69) is 4.98 Å². The molecule has 2 heterocycles. The molecule has 0 spiro atoms. The molecule has 0 saturated carbocycles. The van der Waals surface area contributed by atoms with Crippen molar-refractivity contribution in [2.24, 2.45) is 0 Å². The summed E-state index contributed by atoms with van der Waals surface area (Å²) in [5.41, 5.74) is -0.898. The van der Waals surface area contributed by atoms with Gasteiger partial charge in [0, 0.05) is 26.2 Å². The summed E-state index contributed by atoms with van der Waals surface area (Å²) in [5, 5.41) is 0. The Morgan fingerprint density at radius 2 is 2.12 bits per heavy atom. The van der Waals surface area contributed by atoms with Crippen molar-refractivity contribution in [1.29, 1.82) is 0 Å². The lowest BCUT2D eigenvalue weighted by Gasteiger charge is -2.32. The molecule has 17 heavy (non-hydrogen) atoms. The number of fused-ring (bicyclic) bond motifs is 1. The fourth-order valence-electron chi connectivity index (χ4n) is 2.06. The number of alkyl halides is 3. The van der Waals surface area contributed by atoms with Crippen LogP contribution in [-0.4, -0.2) is 26.9 Å². The SMILES string of the molecule is CC(=O)N1CCn2cc(C(F)(F)F)nc2C1C. The number of hydrogen-bond acceptors (Lipinski definition) is 2. The highest BCUT2D eigenvalue weighted by molar-refractivity contribution is 5.73. The second kappa shape index (κ2) is 3.75. The van der Waals surface area contributed by atoms with Crippen LogP contribution in [0.3, 0.4) is 0 Å². The van der Waals surface area contributed by atoms with Gasteiger partial charge in [-0.25, -0.2) is 4.98 Å². The molecule has 7 heteroatoms. The minimum absolute atomic E-state index is 0.152. The molecule has 94 valence electrons. The van der Waals surface area contributed by atoms with Crippen LogP contribution in [0.25, 0.3) is 0 Å². The smallest absolute Gasteiger partial charge is 0.331 e. The van der Waals surface area contributed by atoms with E-state index in [0.717, 1.165) is 6.20 Å². The number of imidazole rings is 1. The van der Waals surface area contributed by atoms with Crippen molar-refractivity contribution in [3.05, 3.63) is 17.7 Å². The number of aromatic nitrogens is 2. The summed E-state index contributed by atoms with van der Waals surface area (Å²) in [5.74, 6) is 0.138. The van der Waals surface area contributed by atoms with Gasteiger partial charge in [0.1, 0.15) is 5.82 Å². The predicted molar refractivity (Wildman–Crippen MR) is 53.0 cm³/mol. The molecular formula is C10H12F3N3O. The van der Waals surface area contributed by atoms with E-state index in [9.17, 15) is 18.0 Å². The molecule has 1 aliphatic rings. The normalized spacial score (nSPS) is 20.3. The van der Waals surface area contributed by atoms with Crippen molar-refractivity contribution in [2.75, 3.05) is 6.54 Å². The zero-order chi connectivity index (χ0) is 12.8. The first-order valence-corrected chi connectivity index (χ1v) is 5.22. The topological polar surface area (TPSA) is 38.1 Å². The van der Waals surface area contributed by atoms with E-state index in [1.807, 2.05) is 0 Å². The van der Waals surface area contributed by atoms with Gasteiger partial charge < -0.3 is 9.47 Å². The maximum absolute atomic E-state index is 12.5. The average molecular weight is 247 g/mol. The molecule has 1 amide bonds. The molecule has 1 aliphatic heterocycles. The molecular weight excluding hydrogens is 235 g/mol. The molecule has 1 unspecified atom stereocenters. The summed E-state index contributed by atoms with van der Waals surface area (Å²) in [6.07, 6.45) is -3.44. The largest absolute Gasteiger partial charge is 0.434 e. The summed E-state index contributed by atoms with van der Waals surface area (Å²) < 4.78 is 39.0. The van der Waals surface area contributed by atoms with E-state index in [1.165, 1.54) is 16.4 Å². The van der Waals surface area contributed by atoms with Crippen molar-refractivity contribution >= 4 is 5.91 Å². The van der Waals surface area contributed by atoms with Crippen molar-refractivity contribution in [3.63, 3.8) is 0 Å². The van der Waals surface area contributed by atoms with Crippen LogP contribution in [0.5, 0.6) is 0 Å². The number of hydrogen-bond donors (Lipinski definition) is 0. The van der Waals surface area contributed by atoms with Gasteiger partial charge in [0.05, 0.1) is 6.04 Å². The molecule has 0 aromatic carbocycles. The number of carbonyl (C=O) groups is 1. The number of nitrogens with zero attached hydrogens (tertiary/aromatic N) is 3. The van der Waals surface area contributed by atoms with E-state index in [1.54, 1.807) is 6.92 Å². The van der Waals surface area contributed by atoms with E-state index in [0.29, 0.717) is 18.9 Å². The van der Waals surface area contributed by atoms with Gasteiger partial charge in [-0.3, -0.25) is 4.79 Å². The van der Waals surface area contributed by atoms with Crippen molar-refractivity contribution < 1.29 is 18.0 Å². The Morgan fingerprint density at radius 3 is 2.65 bits per heavy atom. The number of rotatable bonds is 0. The van der Waals surface area contributed by atoms with Gasteiger partial charge >= 0.3 is 6.18 Å². The molecule has 0 aliphatic carbocycles. The first-order valence-electron chi connectivity index (χ1n) is 5.22. The molecule has 1 aromatic heterocycles. The van der Waals surface area contributed by atoms with Gasteiger partial charge in [0.25, 0.3) is 0 Å². The third-order valence-electron chi connectivity index (χ3n) is 2.93. The summed E-state index contributed by atoms with van der Waals surface area (Å²) in [7, 11) is 0. The molecule has 0 N–H and O–H groups in total. The van der Waals surface area contributed by atoms with E-state index in [-0.39, 0.29) is 5.91 Å². The number of halogens is 3. The average Bonchev–Trinajstić information content (AvgIpc) is 2.61. The Morgan fingerprint density at radius 1 is 1.47 bits per heavy atom. The van der Waals surface area contributed by atoms with E-state index in [4.69, 9.17) is 0 Å². The molecule has 0 bridgehead atoms. The van der Waals surface area contributed by atoms with Gasteiger partial charge in [-0.05, 0) is 6.92 Å². The van der Waals surface area contributed by atoms with Gasteiger partial charge in [-0.1, -0.05) is 0 Å². The molecule has 4 nitrogen and oxygen atoms in total. The Bertz CT molecular complexity index is 452. The summed E-state index contributed by atoms with van der Waals surface area (Å²) >= 11 is 0. The molecule has 0 radical (unpaired) electrons. The maximum atomic E-state index is 12.5. The van der Waals surface area contributed by atoms with Crippen LogP contribution in [0.4, 0.5) is 13.2 Å². The van der Waals surface area contributed by atoms with E-state index >= 15 is 0 Å². The number of carbonyl (C=O) groups excluding carboxylic acids is 1. The molecule has 1 aromatic rings. The minimum atomic E-state index is -4.44. The summed E-state index contributed by atoms with van der Waals surface area (Å²) in [4.78, 5) is 16.4. The van der Waals surface area contributed by atoms with Crippen molar-refractivity contribution in [1.82, 2.24) is 14.5 Å². The zero-order valence-electron chi connectivity index (χ0n) is 9.45. The first kappa shape index (κ1) is 11.9. The molecule has 1 atom stereocenters. The van der Waals surface area contributed by atoms with Gasteiger partial charge in [0.2, 0.25) is 5.91 Å². The lowest BCUT2D eigenvalue weighted by Crippen LogP contribution is -2.39. The van der Waals surface area contributed by atoms with Crippen LogP contribution in [0, 0.1) is 0 Å². The lowest BCUT2D eigenvalue weighted by molar-refractivity contribution is -0.141. The van der Waals surface area contributed by atoms with Crippen LogP contribution in [0.15, 0.2) is 6.20 Å². The predicted octanol–water partition coefficient (Wildman–Crippen LogP) is 1.83. The second-order valence-electron chi connectivity index (χ2n) is 4.06. The van der Waals surface area contributed by atoms with Crippen LogP contribution in [0.1, 0.15) is 31.4 Å². The molecule has 0 fully saturated rings. The van der Waals surface area contributed by atoms with Gasteiger partial charge in [-0.2, -0.15) is 13.2 Å². The zero-order valence-corrected chi connectivity index (χ0v) is 9.45. The molecule has 0 saturated heterocycles. The van der Waals surface area contributed by atoms with Gasteiger partial charge in [0.15, 0.2) is 5.69 Å².